The van der Waals surface area contributed by atoms with Crippen molar-refractivity contribution >= 4 is 45.6 Å². The van der Waals surface area contributed by atoms with Crippen molar-refractivity contribution in [1.82, 2.24) is 15.0 Å². The molecule has 1 aromatic carbocycles. The van der Waals surface area contributed by atoms with E-state index < -0.39 is 0 Å². The summed E-state index contributed by atoms with van der Waals surface area (Å²) in [6.07, 6.45) is 4.55. The summed E-state index contributed by atoms with van der Waals surface area (Å²) in [6, 6.07) is 3.65. The smallest absolute Gasteiger partial charge is 0.262 e. The molecule has 2 aliphatic heterocycles. The molecule has 1 fully saturated rings. The second-order valence-corrected chi connectivity index (χ2v) is 7.94. The summed E-state index contributed by atoms with van der Waals surface area (Å²) in [4.78, 5) is 13.0. The molecule has 32 heavy (non-hydrogen) atoms. The number of alkyl halides is 1. The van der Waals surface area contributed by atoms with E-state index in [2.05, 4.69) is 20.3 Å². The maximum absolute atomic E-state index is 6.41. The summed E-state index contributed by atoms with van der Waals surface area (Å²) in [5, 5.41) is 4.32. The topological polar surface area (TPSA) is 96.9 Å². The van der Waals surface area contributed by atoms with E-state index >= 15 is 0 Å². The number of rotatable bonds is 7. The standard InChI is InChI=1S/C21H20Cl2N4O5/c22-3-6-29-13-7-15-17(16(8-13)32-12-1-4-28-5-2-12)20(26-10-25-15)27-18-14(23)9-24-21-19(18)30-11-31-21/h7-10,12H,1-6,11H2,(H,24,25,26,27). The molecule has 0 unspecified atom stereocenters. The van der Waals surface area contributed by atoms with Gasteiger partial charge in [-0.3, -0.25) is 0 Å². The second-order valence-electron chi connectivity index (χ2n) is 7.15. The largest absolute Gasteiger partial charge is 0.492 e. The first-order valence-electron chi connectivity index (χ1n) is 10.2. The lowest BCUT2D eigenvalue weighted by Gasteiger charge is -2.24. The van der Waals surface area contributed by atoms with Crippen molar-refractivity contribution in [3.8, 4) is 23.1 Å². The van der Waals surface area contributed by atoms with Gasteiger partial charge in [0.15, 0.2) is 0 Å². The van der Waals surface area contributed by atoms with Crippen LogP contribution in [0.3, 0.4) is 0 Å². The first-order chi connectivity index (χ1) is 15.7. The van der Waals surface area contributed by atoms with Crippen molar-refractivity contribution in [2.45, 2.75) is 18.9 Å². The third-order valence-electron chi connectivity index (χ3n) is 5.08. The fourth-order valence-corrected chi connectivity index (χ4v) is 3.86. The van der Waals surface area contributed by atoms with E-state index in [0.29, 0.717) is 76.3 Å². The van der Waals surface area contributed by atoms with E-state index in [1.165, 1.54) is 12.5 Å². The first kappa shape index (κ1) is 21.1. The lowest BCUT2D eigenvalue weighted by Crippen LogP contribution is -2.26. The molecule has 0 atom stereocenters. The highest BCUT2D eigenvalue weighted by atomic mass is 35.5. The van der Waals surface area contributed by atoms with E-state index in [9.17, 15) is 0 Å². The molecule has 0 amide bonds. The van der Waals surface area contributed by atoms with Gasteiger partial charge in [0, 0.05) is 25.0 Å². The minimum atomic E-state index is 0.00813. The normalized spacial score (nSPS) is 15.7. The zero-order chi connectivity index (χ0) is 21.9. The van der Waals surface area contributed by atoms with Gasteiger partial charge in [0.05, 0.1) is 41.2 Å². The maximum Gasteiger partial charge on any atom is 0.262 e. The Morgan fingerprint density at radius 2 is 2.00 bits per heavy atom. The Bertz CT molecular complexity index is 1130. The molecule has 11 heteroatoms. The van der Waals surface area contributed by atoms with Gasteiger partial charge in [-0.25, -0.2) is 15.0 Å². The Hall–Kier alpha value is -2.75. The molecule has 4 heterocycles. The summed E-state index contributed by atoms with van der Waals surface area (Å²) in [5.74, 6) is 2.89. The summed E-state index contributed by atoms with van der Waals surface area (Å²) >= 11 is 12.2. The van der Waals surface area contributed by atoms with Crippen LogP contribution in [-0.2, 0) is 4.74 Å². The molecular formula is C21H20Cl2N4O5. The third kappa shape index (κ3) is 4.28. The minimum absolute atomic E-state index is 0.00813. The average Bonchev–Trinajstić information content (AvgIpc) is 3.29. The molecule has 0 radical (unpaired) electrons. The van der Waals surface area contributed by atoms with Crippen LogP contribution in [0, 0.1) is 0 Å². The van der Waals surface area contributed by atoms with Gasteiger partial charge < -0.3 is 29.0 Å². The fraction of sp³-hybridized carbons (Fsp3) is 0.381. The number of halogens is 2. The highest BCUT2D eigenvalue weighted by Crippen LogP contribution is 2.44. The van der Waals surface area contributed by atoms with Crippen LogP contribution in [-0.4, -0.2) is 53.5 Å². The van der Waals surface area contributed by atoms with Crippen molar-refractivity contribution in [2.75, 3.05) is 37.8 Å². The summed E-state index contributed by atoms with van der Waals surface area (Å²) in [7, 11) is 0. The minimum Gasteiger partial charge on any atom is -0.492 e. The predicted molar refractivity (Wildman–Crippen MR) is 119 cm³/mol. The number of nitrogens with one attached hydrogen (secondary N) is 1. The number of fused-ring (bicyclic) bond motifs is 2. The van der Waals surface area contributed by atoms with Crippen LogP contribution in [0.5, 0.6) is 23.1 Å². The van der Waals surface area contributed by atoms with Gasteiger partial charge in [-0.15, -0.1) is 11.6 Å². The van der Waals surface area contributed by atoms with Crippen molar-refractivity contribution in [3.05, 3.63) is 29.7 Å². The quantitative estimate of drug-likeness (QED) is 0.497. The van der Waals surface area contributed by atoms with Crippen LogP contribution in [0.25, 0.3) is 10.9 Å². The molecule has 1 N–H and O–H groups in total. The van der Waals surface area contributed by atoms with E-state index in [1.54, 1.807) is 0 Å². The van der Waals surface area contributed by atoms with Crippen molar-refractivity contribution in [3.63, 3.8) is 0 Å². The molecule has 0 bridgehead atoms. The van der Waals surface area contributed by atoms with Gasteiger partial charge in [0.25, 0.3) is 5.88 Å². The molecule has 0 aliphatic carbocycles. The Labute approximate surface area is 193 Å². The number of hydrogen-bond donors (Lipinski definition) is 1. The molecule has 2 aromatic heterocycles. The van der Waals surface area contributed by atoms with E-state index in [1.807, 2.05) is 12.1 Å². The molecule has 9 nitrogen and oxygen atoms in total. The summed E-state index contributed by atoms with van der Waals surface area (Å²) in [5.41, 5.74) is 1.16. The number of hydrogen-bond acceptors (Lipinski definition) is 9. The predicted octanol–water partition coefficient (Wildman–Crippen LogP) is 4.33. The number of nitrogens with zero attached hydrogens (tertiary/aromatic N) is 3. The van der Waals surface area contributed by atoms with E-state index in [-0.39, 0.29) is 12.9 Å². The zero-order valence-corrected chi connectivity index (χ0v) is 18.5. The average molecular weight is 479 g/mol. The highest BCUT2D eigenvalue weighted by molar-refractivity contribution is 6.33. The van der Waals surface area contributed by atoms with Crippen molar-refractivity contribution in [2.24, 2.45) is 0 Å². The lowest BCUT2D eigenvalue weighted by atomic mass is 10.1. The van der Waals surface area contributed by atoms with E-state index in [4.69, 9.17) is 46.9 Å². The van der Waals surface area contributed by atoms with Crippen LogP contribution in [0.4, 0.5) is 11.5 Å². The number of ether oxygens (including phenoxy) is 5. The fourth-order valence-electron chi connectivity index (χ4n) is 3.60. The van der Waals surface area contributed by atoms with Crippen LogP contribution in [0.2, 0.25) is 5.02 Å². The molecule has 0 spiro atoms. The van der Waals surface area contributed by atoms with E-state index in [0.717, 1.165) is 12.8 Å². The van der Waals surface area contributed by atoms with Crippen molar-refractivity contribution in [1.29, 1.82) is 0 Å². The van der Waals surface area contributed by atoms with Crippen LogP contribution < -0.4 is 24.3 Å². The van der Waals surface area contributed by atoms with Gasteiger partial charge in [-0.05, 0) is 0 Å². The van der Waals surface area contributed by atoms with Crippen LogP contribution >= 0.6 is 23.2 Å². The monoisotopic (exact) mass is 478 g/mol. The third-order valence-corrected chi connectivity index (χ3v) is 5.52. The number of pyridine rings is 1. The molecule has 0 saturated carbocycles. The summed E-state index contributed by atoms with van der Waals surface area (Å²) < 4.78 is 28.5. The summed E-state index contributed by atoms with van der Waals surface area (Å²) in [6.45, 7) is 1.75. The number of aromatic nitrogens is 3. The van der Waals surface area contributed by atoms with Gasteiger partial charge in [-0.1, -0.05) is 11.6 Å². The Morgan fingerprint density at radius 1 is 1.12 bits per heavy atom. The molecule has 1 saturated heterocycles. The van der Waals surface area contributed by atoms with Crippen LogP contribution in [0.15, 0.2) is 24.7 Å². The van der Waals surface area contributed by atoms with Crippen molar-refractivity contribution < 1.29 is 23.7 Å². The molecule has 168 valence electrons. The number of benzene rings is 1. The van der Waals surface area contributed by atoms with Crippen LogP contribution in [0.1, 0.15) is 12.8 Å². The molecule has 5 rings (SSSR count). The zero-order valence-electron chi connectivity index (χ0n) is 17.0. The highest BCUT2D eigenvalue weighted by Gasteiger charge is 2.25. The van der Waals surface area contributed by atoms with Gasteiger partial charge >= 0.3 is 0 Å². The second kappa shape index (κ2) is 9.40. The van der Waals surface area contributed by atoms with Gasteiger partial charge in [0.2, 0.25) is 12.5 Å². The van der Waals surface area contributed by atoms with Gasteiger partial charge in [0.1, 0.15) is 42.0 Å². The molecule has 2 aliphatic rings. The Morgan fingerprint density at radius 3 is 2.84 bits per heavy atom. The Balaban J connectivity index is 1.58. The first-order valence-corrected chi connectivity index (χ1v) is 11.1. The SMILES string of the molecule is ClCCOc1cc(OC2CCOCC2)c2c(Nc3c(Cl)cnc4c3OCO4)ncnc2c1. The molecular weight excluding hydrogens is 459 g/mol. The maximum atomic E-state index is 6.41. The number of anilines is 2. The Kier molecular flexibility index (Phi) is 6.20. The molecule has 3 aromatic rings. The van der Waals surface area contributed by atoms with Gasteiger partial charge in [-0.2, -0.15) is 0 Å². The lowest BCUT2D eigenvalue weighted by molar-refractivity contribution is 0.0261.